The first-order chi connectivity index (χ1) is 17.4. The topological polar surface area (TPSA) is 82.8 Å². The van der Waals surface area contributed by atoms with E-state index in [4.69, 9.17) is 10.1 Å². The van der Waals surface area contributed by atoms with Gasteiger partial charge in [0.2, 0.25) is 5.91 Å². The molecule has 5 rings (SSSR count). The molecule has 2 aromatic carbocycles. The molecule has 36 heavy (non-hydrogen) atoms. The normalized spacial score (nSPS) is 14.8. The molecule has 0 saturated carbocycles. The van der Waals surface area contributed by atoms with Gasteiger partial charge in [0.25, 0.3) is 5.91 Å². The van der Waals surface area contributed by atoms with Gasteiger partial charge in [-0.1, -0.05) is 24.3 Å². The molecule has 8 nitrogen and oxygen atoms in total. The van der Waals surface area contributed by atoms with E-state index in [2.05, 4.69) is 17.3 Å². The predicted octanol–water partition coefficient (Wildman–Crippen LogP) is 3.85. The number of rotatable bonds is 5. The maximum atomic E-state index is 13.3. The Hall–Kier alpha value is -3.78. The number of nitrogens with one attached hydrogen (secondary N) is 1. The van der Waals surface area contributed by atoms with Gasteiger partial charge in [0.05, 0.1) is 16.8 Å². The molecule has 8 heteroatoms. The number of carbonyl (C=O) groups is 2. The lowest BCUT2D eigenvalue weighted by molar-refractivity contribution is -0.116. The molecular weight excluding hydrogens is 452 g/mol. The van der Waals surface area contributed by atoms with Crippen LogP contribution >= 0.6 is 0 Å². The quantitative estimate of drug-likeness (QED) is 0.465. The molecule has 0 spiro atoms. The molecule has 0 bridgehead atoms. The number of hydrogen-bond acceptors (Lipinski definition) is 5. The summed E-state index contributed by atoms with van der Waals surface area (Å²) in [5.41, 5.74) is 5.74. The van der Waals surface area contributed by atoms with Crippen LogP contribution < -0.4 is 5.32 Å². The van der Waals surface area contributed by atoms with E-state index < -0.39 is 0 Å². The zero-order valence-electron chi connectivity index (χ0n) is 21.1. The zero-order chi connectivity index (χ0) is 25.2. The van der Waals surface area contributed by atoms with Crippen molar-refractivity contribution in [3.63, 3.8) is 0 Å². The van der Waals surface area contributed by atoms with Crippen molar-refractivity contribution >= 4 is 34.1 Å². The number of aromatic nitrogens is 3. The summed E-state index contributed by atoms with van der Waals surface area (Å²) in [5, 5.41) is 8.71. The summed E-state index contributed by atoms with van der Waals surface area (Å²) >= 11 is 0. The lowest BCUT2D eigenvalue weighted by Gasteiger charge is -2.22. The zero-order valence-corrected chi connectivity index (χ0v) is 21.1. The van der Waals surface area contributed by atoms with E-state index >= 15 is 0 Å². The maximum Gasteiger partial charge on any atom is 0.256 e. The molecule has 2 amide bonds. The molecule has 0 aliphatic carbocycles. The number of hydrogen-bond donors (Lipinski definition) is 1. The summed E-state index contributed by atoms with van der Waals surface area (Å²) in [6.07, 6.45) is 1.77. The molecule has 1 aliphatic rings. The van der Waals surface area contributed by atoms with Crippen molar-refractivity contribution < 1.29 is 9.59 Å². The van der Waals surface area contributed by atoms with Crippen molar-refractivity contribution in [1.82, 2.24) is 24.4 Å². The Morgan fingerprint density at radius 3 is 2.61 bits per heavy atom. The molecule has 186 valence electrons. The Kier molecular flexibility index (Phi) is 6.69. The molecule has 1 N–H and O–H groups in total. The van der Waals surface area contributed by atoms with E-state index in [1.54, 1.807) is 12.1 Å². The fourth-order valence-corrected chi connectivity index (χ4v) is 4.99. The summed E-state index contributed by atoms with van der Waals surface area (Å²) in [6, 6.07) is 15.2. The highest BCUT2D eigenvalue weighted by Gasteiger charge is 2.22. The van der Waals surface area contributed by atoms with E-state index in [1.807, 2.05) is 59.7 Å². The second-order valence-corrected chi connectivity index (χ2v) is 9.56. The van der Waals surface area contributed by atoms with Gasteiger partial charge >= 0.3 is 0 Å². The first kappa shape index (κ1) is 23.9. The number of fused-ring (bicyclic) bond motifs is 3. The third kappa shape index (κ3) is 4.68. The Balaban J connectivity index is 1.31. The highest BCUT2D eigenvalue weighted by Crippen LogP contribution is 2.24. The predicted molar refractivity (Wildman–Crippen MR) is 141 cm³/mol. The van der Waals surface area contributed by atoms with Gasteiger partial charge in [-0.25, -0.2) is 9.50 Å². The first-order valence-electron chi connectivity index (χ1n) is 12.5. The smallest absolute Gasteiger partial charge is 0.256 e. The number of para-hydroxylation sites is 1. The Labute approximate surface area is 210 Å². The van der Waals surface area contributed by atoms with Crippen LogP contribution in [0.3, 0.4) is 0 Å². The van der Waals surface area contributed by atoms with Crippen LogP contribution in [0.5, 0.6) is 0 Å². The molecule has 1 saturated heterocycles. The molecule has 0 radical (unpaired) electrons. The van der Waals surface area contributed by atoms with Crippen molar-refractivity contribution in [2.24, 2.45) is 0 Å². The summed E-state index contributed by atoms with van der Waals surface area (Å²) in [4.78, 5) is 35.2. The number of amides is 2. The van der Waals surface area contributed by atoms with E-state index in [0.717, 1.165) is 59.6 Å². The summed E-state index contributed by atoms with van der Waals surface area (Å²) in [5.74, 6) is -0.163. The number of aryl methyl sites for hydroxylation is 2. The monoisotopic (exact) mass is 484 g/mol. The van der Waals surface area contributed by atoms with E-state index in [-0.39, 0.29) is 18.2 Å². The number of nitrogens with zero attached hydrogens (tertiary/aromatic N) is 5. The van der Waals surface area contributed by atoms with Crippen molar-refractivity contribution in [2.75, 3.05) is 38.5 Å². The third-order valence-corrected chi connectivity index (χ3v) is 7.06. The van der Waals surface area contributed by atoms with Crippen LogP contribution in [0.4, 0.5) is 5.69 Å². The number of anilines is 1. The van der Waals surface area contributed by atoms with Crippen LogP contribution in [0.1, 0.15) is 40.2 Å². The van der Waals surface area contributed by atoms with E-state index in [0.29, 0.717) is 24.2 Å². The van der Waals surface area contributed by atoms with Gasteiger partial charge in [0, 0.05) is 42.8 Å². The van der Waals surface area contributed by atoms with Gasteiger partial charge in [0.15, 0.2) is 5.65 Å². The minimum atomic E-state index is -0.129. The molecule has 0 unspecified atom stereocenters. The lowest BCUT2D eigenvalue weighted by atomic mass is 10.1. The summed E-state index contributed by atoms with van der Waals surface area (Å²) in [7, 11) is 2.08. The second kappa shape index (κ2) is 10.1. The van der Waals surface area contributed by atoms with Crippen molar-refractivity contribution in [2.45, 2.75) is 33.1 Å². The van der Waals surface area contributed by atoms with Crippen LogP contribution in [0, 0.1) is 13.8 Å². The van der Waals surface area contributed by atoms with Gasteiger partial charge in [-0.2, -0.15) is 5.10 Å². The van der Waals surface area contributed by atoms with Gasteiger partial charge in [0.1, 0.15) is 0 Å². The van der Waals surface area contributed by atoms with Gasteiger partial charge in [-0.3, -0.25) is 9.59 Å². The van der Waals surface area contributed by atoms with Crippen LogP contribution in [0.15, 0.2) is 48.5 Å². The average Bonchev–Trinajstić information content (AvgIpc) is 3.10. The standard InChI is InChI=1S/C28H32N6O2/c1-19-21(20(2)34-27(29-19)22-9-4-7-12-25(22)31-34)13-14-26(35)30-24-11-6-5-10-23(24)28(36)33-16-8-15-32(3)17-18-33/h4-7,9-12H,8,13-18H2,1-3H3,(H,30,35). The Morgan fingerprint density at radius 2 is 1.75 bits per heavy atom. The van der Waals surface area contributed by atoms with E-state index in [9.17, 15) is 9.59 Å². The van der Waals surface area contributed by atoms with Crippen LogP contribution in [-0.2, 0) is 11.2 Å². The molecule has 2 aromatic heterocycles. The second-order valence-electron chi connectivity index (χ2n) is 9.56. The molecule has 1 aliphatic heterocycles. The fraction of sp³-hybridized carbons (Fsp3) is 0.357. The molecule has 0 atom stereocenters. The molecule has 4 aromatic rings. The summed E-state index contributed by atoms with van der Waals surface area (Å²) < 4.78 is 1.87. The maximum absolute atomic E-state index is 13.3. The SMILES string of the molecule is Cc1nc2c3ccccc3nn2c(C)c1CCC(=O)Nc1ccccc1C(=O)N1CCCN(C)CC1. The number of likely N-dealkylation sites (N-methyl/N-ethyl adjacent to an activating group) is 1. The summed E-state index contributed by atoms with van der Waals surface area (Å²) in [6.45, 7) is 7.25. The highest BCUT2D eigenvalue weighted by molar-refractivity contribution is 6.03. The minimum Gasteiger partial charge on any atom is -0.337 e. The van der Waals surface area contributed by atoms with Gasteiger partial charge < -0.3 is 15.1 Å². The Morgan fingerprint density at radius 1 is 0.972 bits per heavy atom. The van der Waals surface area contributed by atoms with Crippen LogP contribution in [-0.4, -0.2) is 69.4 Å². The highest BCUT2D eigenvalue weighted by atomic mass is 16.2. The lowest BCUT2D eigenvalue weighted by Crippen LogP contribution is -2.35. The molecular formula is C28H32N6O2. The van der Waals surface area contributed by atoms with Crippen molar-refractivity contribution in [1.29, 1.82) is 0 Å². The fourth-order valence-electron chi connectivity index (χ4n) is 4.99. The first-order valence-corrected chi connectivity index (χ1v) is 12.5. The number of benzene rings is 2. The van der Waals surface area contributed by atoms with Crippen molar-refractivity contribution in [3.8, 4) is 0 Å². The third-order valence-electron chi connectivity index (χ3n) is 7.06. The Bertz CT molecular complexity index is 1440. The van der Waals surface area contributed by atoms with Crippen LogP contribution in [0.25, 0.3) is 16.6 Å². The minimum absolute atomic E-state index is 0.0340. The molecule has 3 heterocycles. The van der Waals surface area contributed by atoms with Crippen LogP contribution in [0.2, 0.25) is 0 Å². The largest absolute Gasteiger partial charge is 0.337 e. The number of carbonyl (C=O) groups excluding carboxylic acids is 2. The molecule has 1 fully saturated rings. The average molecular weight is 485 g/mol. The van der Waals surface area contributed by atoms with E-state index in [1.165, 1.54) is 0 Å². The van der Waals surface area contributed by atoms with Gasteiger partial charge in [-0.15, -0.1) is 0 Å². The van der Waals surface area contributed by atoms with Gasteiger partial charge in [-0.05, 0) is 70.1 Å². The van der Waals surface area contributed by atoms with Crippen molar-refractivity contribution in [3.05, 3.63) is 71.0 Å².